The molecule has 19 heavy (non-hydrogen) atoms. The van der Waals surface area contributed by atoms with E-state index >= 15 is 0 Å². The van der Waals surface area contributed by atoms with Crippen molar-refractivity contribution in [3.63, 3.8) is 0 Å². The predicted octanol–water partition coefficient (Wildman–Crippen LogP) is 2.11. The van der Waals surface area contributed by atoms with E-state index in [9.17, 15) is 4.79 Å². The first-order valence-electron chi connectivity index (χ1n) is 5.90. The molecule has 2 aromatic rings. The summed E-state index contributed by atoms with van der Waals surface area (Å²) in [5.41, 5.74) is 0.404. The van der Waals surface area contributed by atoms with Gasteiger partial charge in [0, 0.05) is 18.4 Å². The highest BCUT2D eigenvalue weighted by molar-refractivity contribution is 6.17. The van der Waals surface area contributed by atoms with Crippen molar-refractivity contribution >= 4 is 22.5 Å². The second kappa shape index (κ2) is 5.93. The van der Waals surface area contributed by atoms with Gasteiger partial charge < -0.3 is 14.5 Å². The van der Waals surface area contributed by atoms with Gasteiger partial charge in [-0.1, -0.05) is 0 Å². The van der Waals surface area contributed by atoms with E-state index in [1.54, 1.807) is 19.2 Å². The van der Waals surface area contributed by atoms with Crippen molar-refractivity contribution in [2.45, 2.75) is 12.8 Å². The minimum absolute atomic E-state index is 0.185. The van der Waals surface area contributed by atoms with Crippen LogP contribution in [-0.2, 0) is 6.42 Å². The molecule has 0 bridgehead atoms. The van der Waals surface area contributed by atoms with Gasteiger partial charge in [-0.25, -0.2) is 4.98 Å². The van der Waals surface area contributed by atoms with E-state index in [1.165, 1.54) is 7.11 Å². The number of halogens is 1. The number of nitrogens with zero attached hydrogens (tertiary/aromatic N) is 1. The second-order valence-electron chi connectivity index (χ2n) is 4.03. The van der Waals surface area contributed by atoms with Gasteiger partial charge in [0.15, 0.2) is 11.5 Å². The minimum Gasteiger partial charge on any atom is -0.493 e. The SMILES string of the molecule is COc1cc2nc(CCCCl)[nH]c(=O)c2cc1OC. The van der Waals surface area contributed by atoms with Crippen LogP contribution < -0.4 is 15.0 Å². The van der Waals surface area contributed by atoms with Crippen molar-refractivity contribution in [2.24, 2.45) is 0 Å². The molecule has 0 atom stereocenters. The Morgan fingerprint density at radius 3 is 2.58 bits per heavy atom. The average Bonchev–Trinajstić information content (AvgIpc) is 2.43. The quantitative estimate of drug-likeness (QED) is 0.853. The zero-order valence-electron chi connectivity index (χ0n) is 10.8. The fourth-order valence-electron chi connectivity index (χ4n) is 1.87. The van der Waals surface area contributed by atoms with Crippen molar-refractivity contribution in [1.82, 2.24) is 9.97 Å². The van der Waals surface area contributed by atoms with Crippen LogP contribution in [-0.4, -0.2) is 30.1 Å². The lowest BCUT2D eigenvalue weighted by Gasteiger charge is -2.09. The highest BCUT2D eigenvalue weighted by Crippen LogP contribution is 2.29. The van der Waals surface area contributed by atoms with Crippen LogP contribution in [0.1, 0.15) is 12.2 Å². The van der Waals surface area contributed by atoms with Gasteiger partial charge in [0.25, 0.3) is 5.56 Å². The highest BCUT2D eigenvalue weighted by atomic mass is 35.5. The van der Waals surface area contributed by atoms with Gasteiger partial charge in [0.2, 0.25) is 0 Å². The van der Waals surface area contributed by atoms with Crippen LogP contribution in [0.4, 0.5) is 0 Å². The number of benzene rings is 1. The number of aromatic amines is 1. The van der Waals surface area contributed by atoms with Crippen LogP contribution in [0.5, 0.6) is 11.5 Å². The van der Waals surface area contributed by atoms with Crippen LogP contribution in [0.2, 0.25) is 0 Å². The molecule has 0 unspecified atom stereocenters. The molecule has 0 aliphatic rings. The van der Waals surface area contributed by atoms with Crippen molar-refractivity contribution in [3.05, 3.63) is 28.3 Å². The maximum Gasteiger partial charge on any atom is 0.258 e. The van der Waals surface area contributed by atoms with Crippen LogP contribution >= 0.6 is 11.6 Å². The largest absolute Gasteiger partial charge is 0.493 e. The van der Waals surface area contributed by atoms with Crippen molar-refractivity contribution in [2.75, 3.05) is 20.1 Å². The summed E-state index contributed by atoms with van der Waals surface area (Å²) in [6.07, 6.45) is 1.41. The third kappa shape index (κ3) is 2.81. The lowest BCUT2D eigenvalue weighted by atomic mass is 10.2. The van der Waals surface area contributed by atoms with Crippen molar-refractivity contribution in [1.29, 1.82) is 0 Å². The van der Waals surface area contributed by atoms with Gasteiger partial charge in [0.05, 0.1) is 25.1 Å². The number of aromatic nitrogens is 2. The maximum atomic E-state index is 12.0. The zero-order valence-corrected chi connectivity index (χ0v) is 11.6. The van der Waals surface area contributed by atoms with E-state index in [4.69, 9.17) is 21.1 Å². The lowest BCUT2D eigenvalue weighted by Crippen LogP contribution is -2.12. The van der Waals surface area contributed by atoms with Crippen LogP contribution in [0.15, 0.2) is 16.9 Å². The van der Waals surface area contributed by atoms with Crippen LogP contribution in [0.3, 0.4) is 0 Å². The van der Waals surface area contributed by atoms with E-state index in [-0.39, 0.29) is 5.56 Å². The first-order chi connectivity index (χ1) is 9.19. The Morgan fingerprint density at radius 1 is 1.26 bits per heavy atom. The third-order valence-corrected chi connectivity index (χ3v) is 3.07. The van der Waals surface area contributed by atoms with Gasteiger partial charge in [-0.3, -0.25) is 4.79 Å². The molecule has 6 heteroatoms. The fourth-order valence-corrected chi connectivity index (χ4v) is 2.00. The molecule has 0 amide bonds. The molecule has 0 radical (unpaired) electrons. The molecule has 1 aromatic heterocycles. The van der Waals surface area contributed by atoms with Crippen molar-refractivity contribution < 1.29 is 9.47 Å². The number of methoxy groups -OCH3 is 2. The molecule has 0 aliphatic heterocycles. The second-order valence-corrected chi connectivity index (χ2v) is 4.41. The summed E-state index contributed by atoms with van der Waals surface area (Å²) in [7, 11) is 3.07. The van der Waals surface area contributed by atoms with Crippen LogP contribution in [0.25, 0.3) is 10.9 Å². The number of hydrogen-bond acceptors (Lipinski definition) is 4. The zero-order chi connectivity index (χ0) is 13.8. The lowest BCUT2D eigenvalue weighted by molar-refractivity contribution is 0.355. The Kier molecular flexibility index (Phi) is 4.27. The summed E-state index contributed by atoms with van der Waals surface area (Å²) < 4.78 is 10.4. The number of alkyl halides is 1. The summed E-state index contributed by atoms with van der Waals surface area (Å²) in [6.45, 7) is 0. The summed E-state index contributed by atoms with van der Waals surface area (Å²) in [4.78, 5) is 19.2. The van der Waals surface area contributed by atoms with Gasteiger partial charge in [0.1, 0.15) is 5.82 Å². The van der Waals surface area contributed by atoms with E-state index in [0.717, 1.165) is 6.42 Å². The Labute approximate surface area is 115 Å². The molecule has 1 aromatic carbocycles. The van der Waals surface area contributed by atoms with E-state index in [1.807, 2.05) is 0 Å². The number of rotatable bonds is 5. The van der Waals surface area contributed by atoms with E-state index in [2.05, 4.69) is 9.97 Å². The maximum absolute atomic E-state index is 12.0. The highest BCUT2D eigenvalue weighted by Gasteiger charge is 2.10. The van der Waals surface area contributed by atoms with E-state index < -0.39 is 0 Å². The number of H-pyrrole nitrogens is 1. The fraction of sp³-hybridized carbons (Fsp3) is 0.385. The number of nitrogens with one attached hydrogen (secondary N) is 1. The van der Waals surface area contributed by atoms with Crippen LogP contribution in [0, 0.1) is 0 Å². The Bertz CT molecular complexity index is 640. The predicted molar refractivity (Wildman–Crippen MR) is 74.5 cm³/mol. The van der Waals surface area contributed by atoms with Gasteiger partial charge in [-0.05, 0) is 12.5 Å². The molecule has 102 valence electrons. The first kappa shape index (κ1) is 13.7. The first-order valence-corrected chi connectivity index (χ1v) is 6.44. The van der Waals surface area contributed by atoms with Gasteiger partial charge in [-0.2, -0.15) is 0 Å². The molecule has 1 N–H and O–H groups in total. The molecule has 0 spiro atoms. The Hall–Kier alpha value is -1.75. The molecule has 0 fully saturated rings. The summed E-state index contributed by atoms with van der Waals surface area (Å²) in [5.74, 6) is 2.23. The molecular formula is C13H15ClN2O3. The topological polar surface area (TPSA) is 64.2 Å². The minimum atomic E-state index is -0.185. The third-order valence-electron chi connectivity index (χ3n) is 2.81. The molecule has 1 heterocycles. The molecule has 0 saturated carbocycles. The summed E-state index contributed by atoms with van der Waals surface area (Å²) in [5, 5.41) is 0.479. The summed E-state index contributed by atoms with van der Waals surface area (Å²) >= 11 is 5.64. The number of aryl methyl sites for hydroxylation is 1. The Balaban J connectivity index is 2.57. The molecule has 0 aliphatic carbocycles. The Morgan fingerprint density at radius 2 is 1.95 bits per heavy atom. The molecule has 0 saturated heterocycles. The molecule has 5 nitrogen and oxygen atoms in total. The van der Waals surface area contributed by atoms with E-state index in [0.29, 0.717) is 40.5 Å². The van der Waals surface area contributed by atoms with Gasteiger partial charge in [-0.15, -0.1) is 11.6 Å². The molecule has 2 rings (SSSR count). The average molecular weight is 283 g/mol. The number of fused-ring (bicyclic) bond motifs is 1. The van der Waals surface area contributed by atoms with Gasteiger partial charge >= 0.3 is 0 Å². The standard InChI is InChI=1S/C13H15ClN2O3/c1-18-10-6-8-9(7-11(10)19-2)15-12(4-3-5-14)16-13(8)17/h6-7H,3-5H2,1-2H3,(H,15,16,17). The number of hydrogen-bond donors (Lipinski definition) is 1. The smallest absolute Gasteiger partial charge is 0.258 e. The van der Waals surface area contributed by atoms with Crippen molar-refractivity contribution in [3.8, 4) is 11.5 Å². The monoisotopic (exact) mass is 282 g/mol. The number of ether oxygens (including phenoxy) is 2. The summed E-state index contributed by atoms with van der Waals surface area (Å²) in [6, 6.07) is 3.33. The normalized spacial score (nSPS) is 10.7. The molecular weight excluding hydrogens is 268 g/mol.